The highest BCUT2D eigenvalue weighted by Gasteiger charge is 2.22. The Labute approximate surface area is 151 Å². The first-order chi connectivity index (χ1) is 12.7. The van der Waals surface area contributed by atoms with E-state index < -0.39 is 0 Å². The minimum absolute atomic E-state index is 0.191. The summed E-state index contributed by atoms with van der Waals surface area (Å²) in [6.07, 6.45) is 1.79. The average Bonchev–Trinajstić information content (AvgIpc) is 2.69. The van der Waals surface area contributed by atoms with Crippen LogP contribution >= 0.6 is 0 Å². The molecule has 7 nitrogen and oxygen atoms in total. The van der Waals surface area contributed by atoms with Crippen molar-refractivity contribution in [2.24, 2.45) is 0 Å². The predicted octanol–water partition coefficient (Wildman–Crippen LogP) is 1.86. The van der Waals surface area contributed by atoms with Crippen LogP contribution in [-0.2, 0) is 0 Å². The Morgan fingerprint density at radius 3 is 2.46 bits per heavy atom. The molecule has 1 fully saturated rings. The second-order valence-corrected chi connectivity index (χ2v) is 6.30. The van der Waals surface area contributed by atoms with Crippen molar-refractivity contribution in [1.29, 1.82) is 0 Å². The lowest BCUT2D eigenvalue weighted by molar-refractivity contribution is 0.638. The molecular formula is C19H20N6O. The molecule has 0 spiro atoms. The van der Waals surface area contributed by atoms with Crippen molar-refractivity contribution in [3.63, 3.8) is 0 Å². The van der Waals surface area contributed by atoms with Gasteiger partial charge >= 0.3 is 0 Å². The summed E-state index contributed by atoms with van der Waals surface area (Å²) in [5.74, 6) is 0.761. The highest BCUT2D eigenvalue weighted by atomic mass is 16.1. The lowest BCUT2D eigenvalue weighted by Crippen LogP contribution is -2.47. The Morgan fingerprint density at radius 1 is 1.00 bits per heavy atom. The van der Waals surface area contributed by atoms with Gasteiger partial charge in [-0.15, -0.1) is 0 Å². The van der Waals surface area contributed by atoms with E-state index in [-0.39, 0.29) is 5.56 Å². The summed E-state index contributed by atoms with van der Waals surface area (Å²) in [4.78, 5) is 25.1. The number of aryl methyl sites for hydroxylation is 1. The van der Waals surface area contributed by atoms with Crippen molar-refractivity contribution in [3.05, 3.63) is 64.7 Å². The second-order valence-electron chi connectivity index (χ2n) is 6.30. The van der Waals surface area contributed by atoms with Gasteiger partial charge in [0.2, 0.25) is 5.95 Å². The summed E-state index contributed by atoms with van der Waals surface area (Å²) in [5.41, 5.74) is 3.42. The van der Waals surface area contributed by atoms with Crippen LogP contribution in [0.25, 0.3) is 11.3 Å². The van der Waals surface area contributed by atoms with Crippen LogP contribution in [0.4, 0.5) is 11.6 Å². The Morgan fingerprint density at radius 2 is 1.73 bits per heavy atom. The van der Waals surface area contributed by atoms with Gasteiger partial charge in [0.15, 0.2) is 0 Å². The van der Waals surface area contributed by atoms with Crippen molar-refractivity contribution in [3.8, 4) is 11.3 Å². The molecule has 0 aliphatic carbocycles. The third-order valence-corrected chi connectivity index (χ3v) is 4.52. The summed E-state index contributed by atoms with van der Waals surface area (Å²) >= 11 is 0. The summed E-state index contributed by atoms with van der Waals surface area (Å²) in [5, 5.41) is 6.85. The molecule has 0 unspecified atom stereocenters. The van der Waals surface area contributed by atoms with Gasteiger partial charge in [0, 0.05) is 49.7 Å². The zero-order valence-corrected chi connectivity index (χ0v) is 14.6. The first kappa shape index (κ1) is 16.3. The van der Waals surface area contributed by atoms with Gasteiger partial charge in [-0.3, -0.25) is 4.79 Å². The SMILES string of the molecule is Cc1ccnc(N2CCN(c3cc(=O)[nH]nc3-c3ccccc3)CC2)n1. The maximum absolute atomic E-state index is 11.9. The van der Waals surface area contributed by atoms with E-state index in [0.717, 1.165) is 54.8 Å². The van der Waals surface area contributed by atoms with Gasteiger partial charge in [-0.05, 0) is 13.0 Å². The number of hydrogen-bond acceptors (Lipinski definition) is 6. The normalized spacial score (nSPS) is 14.5. The summed E-state index contributed by atoms with van der Waals surface area (Å²) in [6, 6.07) is 13.4. The fourth-order valence-corrected chi connectivity index (χ4v) is 3.18. The Balaban J connectivity index is 1.58. The monoisotopic (exact) mass is 348 g/mol. The van der Waals surface area contributed by atoms with Gasteiger partial charge in [-0.25, -0.2) is 15.1 Å². The van der Waals surface area contributed by atoms with Crippen molar-refractivity contribution in [2.45, 2.75) is 6.92 Å². The van der Waals surface area contributed by atoms with Crippen LogP contribution in [-0.4, -0.2) is 46.3 Å². The van der Waals surface area contributed by atoms with E-state index in [1.807, 2.05) is 43.3 Å². The van der Waals surface area contributed by atoms with E-state index >= 15 is 0 Å². The third-order valence-electron chi connectivity index (χ3n) is 4.52. The first-order valence-corrected chi connectivity index (χ1v) is 8.65. The number of aromatic amines is 1. The molecular weight excluding hydrogens is 328 g/mol. The number of aromatic nitrogens is 4. The number of H-pyrrole nitrogens is 1. The van der Waals surface area contributed by atoms with E-state index in [4.69, 9.17) is 0 Å². The van der Waals surface area contributed by atoms with Gasteiger partial charge in [0.25, 0.3) is 5.56 Å². The molecule has 0 amide bonds. The molecule has 26 heavy (non-hydrogen) atoms. The number of nitrogens with zero attached hydrogens (tertiary/aromatic N) is 5. The maximum atomic E-state index is 11.9. The zero-order valence-electron chi connectivity index (χ0n) is 14.6. The Hall–Kier alpha value is -3.22. The molecule has 0 atom stereocenters. The van der Waals surface area contributed by atoms with Gasteiger partial charge in [0.05, 0.1) is 5.69 Å². The van der Waals surface area contributed by atoms with Crippen LogP contribution < -0.4 is 15.4 Å². The highest BCUT2D eigenvalue weighted by Crippen LogP contribution is 2.28. The van der Waals surface area contributed by atoms with Gasteiger partial charge < -0.3 is 9.80 Å². The topological polar surface area (TPSA) is 78.0 Å². The lowest BCUT2D eigenvalue weighted by Gasteiger charge is -2.36. The number of hydrogen-bond donors (Lipinski definition) is 1. The first-order valence-electron chi connectivity index (χ1n) is 8.65. The van der Waals surface area contributed by atoms with E-state index in [9.17, 15) is 4.79 Å². The summed E-state index contributed by atoms with van der Waals surface area (Å²) < 4.78 is 0. The molecule has 132 valence electrons. The van der Waals surface area contributed by atoms with Gasteiger partial charge in [-0.2, -0.15) is 5.10 Å². The maximum Gasteiger partial charge on any atom is 0.266 e. The standard InChI is InChI=1S/C19H20N6O/c1-14-7-8-20-19(21-14)25-11-9-24(10-12-25)16-13-17(26)22-23-18(16)15-5-3-2-4-6-15/h2-8,13H,9-12H2,1H3,(H,22,26). The molecule has 1 aromatic carbocycles. The molecule has 0 saturated carbocycles. The molecule has 3 heterocycles. The Bertz CT molecular complexity index is 947. The van der Waals surface area contributed by atoms with Crippen LogP contribution in [0.1, 0.15) is 5.69 Å². The van der Waals surface area contributed by atoms with Gasteiger partial charge in [0.1, 0.15) is 5.69 Å². The third kappa shape index (κ3) is 3.28. The van der Waals surface area contributed by atoms with E-state index in [0.29, 0.717) is 0 Å². The van der Waals surface area contributed by atoms with Crippen molar-refractivity contribution in [2.75, 3.05) is 36.0 Å². The van der Waals surface area contributed by atoms with E-state index in [2.05, 4.69) is 30.0 Å². The molecule has 0 bridgehead atoms. The average molecular weight is 348 g/mol. The lowest BCUT2D eigenvalue weighted by atomic mass is 10.1. The molecule has 1 aliphatic rings. The van der Waals surface area contributed by atoms with Crippen molar-refractivity contribution < 1.29 is 0 Å². The summed E-state index contributed by atoms with van der Waals surface area (Å²) in [6.45, 7) is 5.12. The number of piperazine rings is 1. The van der Waals surface area contributed by atoms with E-state index in [1.54, 1.807) is 12.3 Å². The fourth-order valence-electron chi connectivity index (χ4n) is 3.18. The van der Waals surface area contributed by atoms with E-state index in [1.165, 1.54) is 0 Å². The highest BCUT2D eigenvalue weighted by molar-refractivity contribution is 5.74. The smallest absolute Gasteiger partial charge is 0.266 e. The van der Waals surface area contributed by atoms with Gasteiger partial charge in [-0.1, -0.05) is 30.3 Å². The molecule has 1 aliphatic heterocycles. The zero-order chi connectivity index (χ0) is 17.9. The van der Waals surface area contributed by atoms with Crippen molar-refractivity contribution >= 4 is 11.6 Å². The molecule has 4 rings (SSSR count). The number of nitrogens with one attached hydrogen (secondary N) is 1. The number of rotatable bonds is 3. The minimum Gasteiger partial charge on any atom is -0.366 e. The molecule has 1 saturated heterocycles. The molecule has 7 heteroatoms. The quantitative estimate of drug-likeness (QED) is 0.778. The largest absolute Gasteiger partial charge is 0.366 e. The molecule has 1 N–H and O–H groups in total. The van der Waals surface area contributed by atoms with Crippen LogP contribution in [0, 0.1) is 6.92 Å². The van der Waals surface area contributed by atoms with Crippen LogP contribution in [0.15, 0.2) is 53.5 Å². The second kappa shape index (κ2) is 6.95. The number of anilines is 2. The summed E-state index contributed by atoms with van der Waals surface area (Å²) in [7, 11) is 0. The molecule has 2 aromatic heterocycles. The fraction of sp³-hybridized carbons (Fsp3) is 0.263. The number of benzene rings is 1. The van der Waals surface area contributed by atoms with Crippen LogP contribution in [0.3, 0.4) is 0 Å². The molecule has 3 aromatic rings. The Kier molecular flexibility index (Phi) is 4.35. The molecule has 0 radical (unpaired) electrons. The van der Waals surface area contributed by atoms with Crippen LogP contribution in [0.5, 0.6) is 0 Å². The minimum atomic E-state index is -0.191. The predicted molar refractivity (Wildman–Crippen MR) is 101 cm³/mol. The van der Waals surface area contributed by atoms with Crippen molar-refractivity contribution in [1.82, 2.24) is 20.2 Å². The van der Waals surface area contributed by atoms with Crippen LogP contribution in [0.2, 0.25) is 0 Å².